The monoisotopic (exact) mass is 394 g/mol. The highest BCUT2D eigenvalue weighted by molar-refractivity contribution is 5.94. The first-order valence-electron chi connectivity index (χ1n) is 9.00. The lowest BCUT2D eigenvalue weighted by molar-refractivity contribution is 0.485. The van der Waals surface area contributed by atoms with Crippen molar-refractivity contribution < 1.29 is 17.9 Å². The molecule has 0 saturated carbocycles. The predicted octanol–water partition coefficient (Wildman–Crippen LogP) is 6.00. The zero-order valence-corrected chi connectivity index (χ0v) is 15.5. The highest BCUT2D eigenvalue weighted by Gasteiger charge is 2.17. The molecule has 1 N–H and O–H groups in total. The molecule has 3 aromatic rings. The molecule has 0 spiro atoms. The quantitative estimate of drug-likeness (QED) is 0.576. The summed E-state index contributed by atoms with van der Waals surface area (Å²) in [6, 6.07) is 14.3. The molecule has 3 aromatic carbocycles. The summed E-state index contributed by atoms with van der Waals surface area (Å²) in [5.41, 5.74) is 3.04. The molecule has 6 heteroatoms. The zero-order chi connectivity index (χ0) is 20.4. The molecule has 0 amide bonds. The van der Waals surface area contributed by atoms with Crippen LogP contribution in [0.1, 0.15) is 11.1 Å². The fourth-order valence-corrected chi connectivity index (χ4v) is 3.07. The van der Waals surface area contributed by atoms with E-state index in [2.05, 4.69) is 10.3 Å². The number of halogens is 3. The highest BCUT2D eigenvalue weighted by Crippen LogP contribution is 2.29. The van der Waals surface area contributed by atoms with E-state index in [4.69, 9.17) is 4.74 Å². The van der Waals surface area contributed by atoms with Gasteiger partial charge in [-0.3, -0.25) is 0 Å². The maximum Gasteiger partial charge on any atom is 0.220 e. The van der Waals surface area contributed by atoms with Gasteiger partial charge >= 0.3 is 0 Å². The molecule has 0 saturated heterocycles. The number of rotatable bonds is 5. The van der Waals surface area contributed by atoms with Gasteiger partial charge < -0.3 is 10.1 Å². The number of ether oxygens (including phenoxy) is 1. The zero-order valence-electron chi connectivity index (χ0n) is 15.5. The Morgan fingerprint density at radius 3 is 2.52 bits per heavy atom. The molecule has 0 unspecified atom stereocenters. The normalized spacial score (nSPS) is 12.3. The maximum absolute atomic E-state index is 14.7. The van der Waals surface area contributed by atoms with E-state index in [1.807, 2.05) is 31.2 Å². The fourth-order valence-electron chi connectivity index (χ4n) is 3.07. The molecule has 29 heavy (non-hydrogen) atoms. The number of benzene rings is 3. The Bertz CT molecular complexity index is 1140. The van der Waals surface area contributed by atoms with Gasteiger partial charge in [0.25, 0.3) is 0 Å². The average Bonchev–Trinajstić information content (AvgIpc) is 2.65. The molecular formula is C23H17F3N2O. The van der Waals surface area contributed by atoms with Crippen LogP contribution in [0.15, 0.2) is 71.9 Å². The van der Waals surface area contributed by atoms with E-state index >= 15 is 0 Å². The lowest BCUT2D eigenvalue weighted by Crippen LogP contribution is -2.12. The van der Waals surface area contributed by atoms with Gasteiger partial charge in [0, 0.05) is 18.8 Å². The van der Waals surface area contributed by atoms with Gasteiger partial charge in [-0.15, -0.1) is 0 Å². The van der Waals surface area contributed by atoms with Crippen LogP contribution in [-0.4, -0.2) is 5.90 Å². The summed E-state index contributed by atoms with van der Waals surface area (Å²) in [5, 5.41) is 2.80. The fraction of sp³-hybridized carbons (Fsp3) is 0.0870. The summed E-state index contributed by atoms with van der Waals surface area (Å²) in [6.45, 7) is 2.09. The molecule has 0 bridgehead atoms. The molecule has 0 atom stereocenters. The van der Waals surface area contributed by atoms with E-state index in [0.717, 1.165) is 28.3 Å². The number of hydrogen-bond donors (Lipinski definition) is 1. The topological polar surface area (TPSA) is 33.6 Å². The first-order chi connectivity index (χ1) is 14.0. The van der Waals surface area contributed by atoms with E-state index in [1.54, 1.807) is 12.1 Å². The van der Waals surface area contributed by atoms with Crippen molar-refractivity contribution in [3.05, 3.63) is 95.5 Å². The van der Waals surface area contributed by atoms with Gasteiger partial charge in [0.05, 0.1) is 0 Å². The van der Waals surface area contributed by atoms with Crippen molar-refractivity contribution in [2.24, 2.45) is 4.99 Å². The molecule has 146 valence electrons. The number of hydrogen-bond acceptors (Lipinski definition) is 3. The molecule has 0 fully saturated rings. The Morgan fingerprint density at radius 2 is 1.79 bits per heavy atom. The Hall–Kier alpha value is -3.54. The van der Waals surface area contributed by atoms with Crippen LogP contribution in [0.25, 0.3) is 11.1 Å². The van der Waals surface area contributed by atoms with Crippen LogP contribution in [0.3, 0.4) is 0 Å². The van der Waals surface area contributed by atoms with Crippen LogP contribution < -0.4 is 10.1 Å². The Morgan fingerprint density at radius 1 is 0.966 bits per heavy atom. The smallest absolute Gasteiger partial charge is 0.220 e. The SMILES string of the molecule is Cc1cc(CNc2c(F)ccc(OC3=NC=C3)c2F)cc(-c2cccc(F)c2)c1. The molecular weight excluding hydrogens is 377 g/mol. The van der Waals surface area contributed by atoms with Crippen molar-refractivity contribution in [1.82, 2.24) is 0 Å². The Balaban J connectivity index is 1.57. The largest absolute Gasteiger partial charge is 0.436 e. The molecule has 0 aromatic heterocycles. The van der Waals surface area contributed by atoms with Gasteiger partial charge in [-0.1, -0.05) is 29.8 Å². The van der Waals surface area contributed by atoms with Gasteiger partial charge in [0.15, 0.2) is 11.6 Å². The molecule has 1 aliphatic rings. The maximum atomic E-state index is 14.7. The van der Waals surface area contributed by atoms with Gasteiger partial charge in [-0.2, -0.15) is 0 Å². The van der Waals surface area contributed by atoms with E-state index in [0.29, 0.717) is 0 Å². The van der Waals surface area contributed by atoms with E-state index in [-0.39, 0.29) is 29.7 Å². The van der Waals surface area contributed by atoms with E-state index in [9.17, 15) is 13.2 Å². The first kappa shape index (κ1) is 18.8. The lowest BCUT2D eigenvalue weighted by Gasteiger charge is -2.14. The minimum Gasteiger partial charge on any atom is -0.436 e. The standard InChI is InChI=1S/C23H17F3N2O/c1-14-9-15(11-17(10-14)16-3-2-4-18(24)12-16)13-28-23-19(25)5-6-20(22(23)26)29-21-7-8-27-21/h2-12,28H,13H2,1H3. The number of anilines is 1. The van der Waals surface area contributed by atoms with E-state index in [1.165, 1.54) is 24.4 Å². The van der Waals surface area contributed by atoms with Crippen molar-refractivity contribution in [3.8, 4) is 16.9 Å². The van der Waals surface area contributed by atoms with Crippen LogP contribution in [0.2, 0.25) is 0 Å². The first-order valence-corrected chi connectivity index (χ1v) is 9.00. The van der Waals surface area contributed by atoms with Crippen LogP contribution in [-0.2, 0) is 6.54 Å². The molecule has 3 nitrogen and oxygen atoms in total. The summed E-state index contributed by atoms with van der Waals surface area (Å²) in [6.07, 6.45) is 3.10. The molecule has 4 rings (SSSR count). The van der Waals surface area contributed by atoms with Crippen molar-refractivity contribution in [3.63, 3.8) is 0 Å². The Labute approximate surface area is 166 Å². The molecule has 0 aliphatic carbocycles. The van der Waals surface area contributed by atoms with Crippen LogP contribution in [0.4, 0.5) is 18.9 Å². The van der Waals surface area contributed by atoms with Crippen molar-refractivity contribution in [2.45, 2.75) is 13.5 Å². The third kappa shape index (κ3) is 4.16. The summed E-state index contributed by atoms with van der Waals surface area (Å²) in [4.78, 5) is 3.81. The van der Waals surface area contributed by atoms with Crippen molar-refractivity contribution >= 4 is 11.6 Å². The predicted molar refractivity (Wildman–Crippen MR) is 107 cm³/mol. The third-order valence-electron chi connectivity index (χ3n) is 4.45. The Kier molecular flexibility index (Phi) is 5.08. The number of nitrogens with zero attached hydrogens (tertiary/aromatic N) is 1. The lowest BCUT2D eigenvalue weighted by atomic mass is 10.00. The summed E-state index contributed by atoms with van der Waals surface area (Å²) >= 11 is 0. The van der Waals surface area contributed by atoms with Gasteiger partial charge in [-0.25, -0.2) is 18.2 Å². The second-order valence-electron chi connectivity index (χ2n) is 6.69. The van der Waals surface area contributed by atoms with Gasteiger partial charge in [-0.05, 0) is 53.9 Å². The number of aryl methyl sites for hydroxylation is 1. The highest BCUT2D eigenvalue weighted by atomic mass is 19.1. The van der Waals surface area contributed by atoms with E-state index < -0.39 is 11.6 Å². The third-order valence-corrected chi connectivity index (χ3v) is 4.45. The molecule has 0 radical (unpaired) electrons. The number of aliphatic imine (C=N–C) groups is 1. The van der Waals surface area contributed by atoms with Crippen LogP contribution >= 0.6 is 0 Å². The van der Waals surface area contributed by atoms with Crippen molar-refractivity contribution in [1.29, 1.82) is 0 Å². The summed E-state index contributed by atoms with van der Waals surface area (Å²) < 4.78 is 47.7. The average molecular weight is 394 g/mol. The second kappa shape index (κ2) is 7.83. The van der Waals surface area contributed by atoms with Crippen LogP contribution in [0, 0.1) is 24.4 Å². The van der Waals surface area contributed by atoms with Crippen molar-refractivity contribution in [2.75, 3.05) is 5.32 Å². The summed E-state index contributed by atoms with van der Waals surface area (Å²) in [5.74, 6) is -1.72. The molecule has 1 heterocycles. The van der Waals surface area contributed by atoms with Gasteiger partial charge in [0.2, 0.25) is 5.90 Å². The van der Waals surface area contributed by atoms with Gasteiger partial charge in [0.1, 0.15) is 17.3 Å². The van der Waals surface area contributed by atoms with Crippen LogP contribution in [0.5, 0.6) is 5.75 Å². The minimum atomic E-state index is -0.828. The summed E-state index contributed by atoms with van der Waals surface area (Å²) in [7, 11) is 0. The second-order valence-corrected chi connectivity index (χ2v) is 6.69. The number of nitrogens with one attached hydrogen (secondary N) is 1. The minimum absolute atomic E-state index is 0.110. The molecule has 1 aliphatic heterocycles.